The minimum Gasteiger partial charge on any atom is -0.282 e. The molecule has 0 amide bonds. The molecule has 0 aliphatic heterocycles. The van der Waals surface area contributed by atoms with Crippen LogP contribution in [0.1, 0.15) is 5.69 Å². The molecule has 2 aromatic rings. The van der Waals surface area contributed by atoms with E-state index < -0.39 is 5.78 Å². The van der Waals surface area contributed by atoms with Crippen molar-refractivity contribution in [2.24, 2.45) is 0 Å². The van der Waals surface area contributed by atoms with Crippen molar-refractivity contribution in [1.82, 2.24) is 4.98 Å². The third-order valence-electron chi connectivity index (χ3n) is 2.12. The summed E-state index contributed by atoms with van der Waals surface area (Å²) >= 11 is 0. The second kappa shape index (κ2) is 3.89. The molecule has 0 aliphatic carbocycles. The molecule has 15 heavy (non-hydrogen) atoms. The summed E-state index contributed by atoms with van der Waals surface area (Å²) < 4.78 is 0. The molecule has 0 fully saturated rings. The SMILES string of the molecule is N#CC(=O)Cc1ccc2ccccc2n1. The minimum absolute atomic E-state index is 0.0847. The lowest BCUT2D eigenvalue weighted by Crippen LogP contribution is -2.00. The molecular formula is C12H8N2O. The van der Waals surface area contributed by atoms with Gasteiger partial charge in [0, 0.05) is 11.1 Å². The largest absolute Gasteiger partial charge is 0.282 e. The van der Waals surface area contributed by atoms with Gasteiger partial charge in [-0.1, -0.05) is 24.3 Å². The Bertz CT molecular complexity index is 555. The predicted molar refractivity (Wildman–Crippen MR) is 56.1 cm³/mol. The Morgan fingerprint density at radius 3 is 2.87 bits per heavy atom. The summed E-state index contributed by atoms with van der Waals surface area (Å²) in [5.74, 6) is -0.460. The normalized spacial score (nSPS) is 9.80. The van der Waals surface area contributed by atoms with Gasteiger partial charge in [-0.15, -0.1) is 0 Å². The van der Waals surface area contributed by atoms with Gasteiger partial charge in [-0.25, -0.2) is 0 Å². The van der Waals surface area contributed by atoms with Crippen LogP contribution in [0.15, 0.2) is 36.4 Å². The highest BCUT2D eigenvalue weighted by atomic mass is 16.1. The number of nitriles is 1. The Hall–Kier alpha value is -2.21. The Balaban J connectivity index is 2.39. The molecule has 0 unspecified atom stereocenters. The van der Waals surface area contributed by atoms with Crippen LogP contribution in [-0.4, -0.2) is 10.8 Å². The Morgan fingerprint density at radius 1 is 1.27 bits per heavy atom. The van der Waals surface area contributed by atoms with Gasteiger partial charge in [0.15, 0.2) is 0 Å². The number of Topliss-reactive ketones (excluding diaryl/α,β-unsaturated/α-hetero) is 1. The summed E-state index contributed by atoms with van der Waals surface area (Å²) in [5, 5.41) is 9.42. The summed E-state index contributed by atoms with van der Waals surface area (Å²) in [7, 11) is 0. The quantitative estimate of drug-likeness (QED) is 0.689. The van der Waals surface area contributed by atoms with Gasteiger partial charge < -0.3 is 0 Å². The highest BCUT2D eigenvalue weighted by Gasteiger charge is 2.03. The average Bonchev–Trinajstić information content (AvgIpc) is 2.29. The summed E-state index contributed by atoms with van der Waals surface area (Å²) in [6.45, 7) is 0. The van der Waals surface area contributed by atoms with Crippen molar-refractivity contribution in [3.05, 3.63) is 42.1 Å². The van der Waals surface area contributed by atoms with Crippen LogP contribution in [0.5, 0.6) is 0 Å². The van der Waals surface area contributed by atoms with E-state index in [-0.39, 0.29) is 6.42 Å². The van der Waals surface area contributed by atoms with Crippen LogP contribution in [0.25, 0.3) is 10.9 Å². The topological polar surface area (TPSA) is 53.8 Å². The fourth-order valence-electron chi connectivity index (χ4n) is 1.41. The van der Waals surface area contributed by atoms with Gasteiger partial charge in [-0.05, 0) is 12.1 Å². The summed E-state index contributed by atoms with van der Waals surface area (Å²) in [6.07, 6.45) is 0.0847. The summed E-state index contributed by atoms with van der Waals surface area (Å²) in [5.41, 5.74) is 1.49. The van der Waals surface area contributed by atoms with Gasteiger partial charge >= 0.3 is 0 Å². The van der Waals surface area contributed by atoms with Gasteiger partial charge in [0.2, 0.25) is 5.78 Å². The van der Waals surface area contributed by atoms with Crippen LogP contribution in [0.3, 0.4) is 0 Å². The van der Waals surface area contributed by atoms with Crippen LogP contribution >= 0.6 is 0 Å². The lowest BCUT2D eigenvalue weighted by molar-refractivity contribution is -0.113. The number of nitrogens with zero attached hydrogens (tertiary/aromatic N) is 2. The number of carbonyl (C=O) groups excluding carboxylic acids is 1. The van der Waals surface area contributed by atoms with Crippen molar-refractivity contribution in [2.45, 2.75) is 6.42 Å². The number of rotatable bonds is 2. The number of aromatic nitrogens is 1. The molecule has 3 heteroatoms. The molecule has 1 heterocycles. The van der Waals surface area contributed by atoms with Crippen molar-refractivity contribution in [3.8, 4) is 6.07 Å². The summed E-state index contributed by atoms with van der Waals surface area (Å²) in [4.78, 5) is 15.2. The van der Waals surface area contributed by atoms with Gasteiger partial charge in [0.1, 0.15) is 6.07 Å². The monoisotopic (exact) mass is 196 g/mol. The number of ketones is 1. The molecule has 2 rings (SSSR count). The number of hydrogen-bond acceptors (Lipinski definition) is 3. The predicted octanol–water partition coefficient (Wildman–Crippen LogP) is 1.87. The zero-order valence-corrected chi connectivity index (χ0v) is 7.97. The lowest BCUT2D eigenvalue weighted by Gasteiger charge is -1.99. The van der Waals surface area contributed by atoms with Crippen LogP contribution in [-0.2, 0) is 11.2 Å². The zero-order valence-electron chi connectivity index (χ0n) is 7.97. The maximum absolute atomic E-state index is 10.9. The van der Waals surface area contributed by atoms with Crippen LogP contribution in [0.2, 0.25) is 0 Å². The molecule has 0 radical (unpaired) electrons. The van der Waals surface area contributed by atoms with Crippen LogP contribution in [0.4, 0.5) is 0 Å². The van der Waals surface area contributed by atoms with Gasteiger partial charge in [0.05, 0.1) is 11.9 Å². The fourth-order valence-corrected chi connectivity index (χ4v) is 1.41. The first kappa shape index (κ1) is 9.35. The fraction of sp³-hybridized carbons (Fsp3) is 0.0833. The van der Waals surface area contributed by atoms with Gasteiger partial charge in [-0.2, -0.15) is 5.26 Å². The average molecular weight is 196 g/mol. The van der Waals surface area contributed by atoms with E-state index in [2.05, 4.69) is 4.98 Å². The molecule has 0 N–H and O–H groups in total. The standard InChI is InChI=1S/C12H8N2O/c13-8-11(15)7-10-6-5-9-3-1-2-4-12(9)14-10/h1-6H,7H2. The van der Waals surface area contributed by atoms with Crippen LogP contribution in [0, 0.1) is 11.3 Å². The maximum atomic E-state index is 10.9. The van der Waals surface area contributed by atoms with E-state index in [1.165, 1.54) is 0 Å². The highest BCUT2D eigenvalue weighted by molar-refractivity contribution is 5.94. The molecule has 0 saturated carbocycles. The number of pyridine rings is 1. The van der Waals surface area contributed by atoms with E-state index >= 15 is 0 Å². The molecule has 1 aromatic heterocycles. The summed E-state index contributed by atoms with van der Waals surface area (Å²) in [6, 6.07) is 12.9. The Kier molecular flexibility index (Phi) is 2.42. The molecule has 0 atom stereocenters. The van der Waals surface area contributed by atoms with Crippen molar-refractivity contribution in [2.75, 3.05) is 0 Å². The smallest absolute Gasteiger partial charge is 0.237 e. The van der Waals surface area contributed by atoms with E-state index in [1.54, 1.807) is 12.1 Å². The number of carbonyl (C=O) groups is 1. The molecule has 0 aliphatic rings. The van der Waals surface area contributed by atoms with E-state index in [4.69, 9.17) is 5.26 Å². The molecule has 72 valence electrons. The highest BCUT2D eigenvalue weighted by Crippen LogP contribution is 2.11. The molecule has 0 saturated heterocycles. The van der Waals surface area contributed by atoms with E-state index in [1.807, 2.05) is 30.3 Å². The van der Waals surface area contributed by atoms with Gasteiger partial charge in [0.25, 0.3) is 0 Å². The molecule has 1 aromatic carbocycles. The Morgan fingerprint density at radius 2 is 2.07 bits per heavy atom. The van der Waals surface area contributed by atoms with Gasteiger partial charge in [-0.3, -0.25) is 9.78 Å². The number of benzene rings is 1. The number of para-hydroxylation sites is 1. The second-order valence-electron chi connectivity index (χ2n) is 3.21. The van der Waals surface area contributed by atoms with Crippen molar-refractivity contribution in [1.29, 1.82) is 5.26 Å². The third-order valence-corrected chi connectivity index (χ3v) is 2.12. The first-order valence-corrected chi connectivity index (χ1v) is 4.57. The molecule has 0 spiro atoms. The first-order valence-electron chi connectivity index (χ1n) is 4.57. The van der Waals surface area contributed by atoms with E-state index in [9.17, 15) is 4.79 Å². The molecule has 0 bridgehead atoms. The van der Waals surface area contributed by atoms with Crippen molar-refractivity contribution in [3.63, 3.8) is 0 Å². The zero-order chi connectivity index (χ0) is 10.7. The van der Waals surface area contributed by atoms with E-state index in [0.717, 1.165) is 10.9 Å². The van der Waals surface area contributed by atoms with Crippen molar-refractivity contribution >= 4 is 16.7 Å². The second-order valence-corrected chi connectivity index (χ2v) is 3.21. The number of fused-ring (bicyclic) bond motifs is 1. The minimum atomic E-state index is -0.460. The van der Waals surface area contributed by atoms with E-state index in [0.29, 0.717) is 5.69 Å². The van der Waals surface area contributed by atoms with Crippen molar-refractivity contribution < 1.29 is 4.79 Å². The lowest BCUT2D eigenvalue weighted by atomic mass is 10.1. The molecule has 3 nitrogen and oxygen atoms in total. The Labute approximate surface area is 87.0 Å². The number of hydrogen-bond donors (Lipinski definition) is 0. The maximum Gasteiger partial charge on any atom is 0.237 e. The third kappa shape index (κ3) is 2.00. The van der Waals surface area contributed by atoms with Crippen LogP contribution < -0.4 is 0 Å². The molecular weight excluding hydrogens is 188 g/mol. The first-order chi connectivity index (χ1) is 7.29.